The molecule has 1 aliphatic heterocycles. The SMILES string of the molecule is COc1ccc(-c2noc(C3=C(C)N(c4cccc(F)c4)C(=S)NC3c3ccccc3)n2)cc1. The molecule has 1 unspecified atom stereocenters. The largest absolute Gasteiger partial charge is 0.497 e. The van der Waals surface area contributed by atoms with Gasteiger partial charge in [-0.15, -0.1) is 0 Å². The molecule has 2 heterocycles. The Kier molecular flexibility index (Phi) is 5.81. The van der Waals surface area contributed by atoms with Crippen molar-refractivity contribution in [3.63, 3.8) is 0 Å². The van der Waals surface area contributed by atoms with E-state index in [-0.39, 0.29) is 11.9 Å². The second-order valence-electron chi connectivity index (χ2n) is 7.76. The summed E-state index contributed by atoms with van der Waals surface area (Å²) < 4.78 is 25.0. The summed E-state index contributed by atoms with van der Waals surface area (Å²) in [5, 5.41) is 8.04. The molecule has 0 saturated heterocycles. The standard InChI is InChI=1S/C26H21FN4O2S/c1-16-22(25-29-24(30-33-25)18-11-13-21(32-2)14-12-18)23(17-7-4-3-5-8-17)28-26(34)31(16)20-10-6-9-19(27)15-20/h3-15,23H,1-2H3,(H,28,34). The van der Waals surface area contributed by atoms with Gasteiger partial charge in [-0.2, -0.15) is 4.98 Å². The van der Waals surface area contributed by atoms with Crippen molar-refractivity contribution in [2.45, 2.75) is 13.0 Å². The molecule has 1 N–H and O–H groups in total. The van der Waals surface area contributed by atoms with E-state index in [1.54, 1.807) is 24.1 Å². The summed E-state index contributed by atoms with van der Waals surface area (Å²) in [6.45, 7) is 1.92. The van der Waals surface area contributed by atoms with E-state index >= 15 is 0 Å². The lowest BCUT2D eigenvalue weighted by atomic mass is 9.94. The lowest BCUT2D eigenvalue weighted by Gasteiger charge is -2.37. The summed E-state index contributed by atoms with van der Waals surface area (Å²) in [6, 6.07) is 23.3. The van der Waals surface area contributed by atoms with Crippen LogP contribution in [0.3, 0.4) is 0 Å². The summed E-state index contributed by atoms with van der Waals surface area (Å²) in [4.78, 5) is 6.48. The molecule has 170 valence electrons. The minimum Gasteiger partial charge on any atom is -0.497 e. The fourth-order valence-corrected chi connectivity index (χ4v) is 4.39. The number of aromatic nitrogens is 2. The van der Waals surface area contributed by atoms with E-state index in [1.165, 1.54) is 12.1 Å². The van der Waals surface area contributed by atoms with Crippen molar-refractivity contribution in [1.82, 2.24) is 15.5 Å². The Labute approximate surface area is 201 Å². The van der Waals surface area contributed by atoms with Crippen LogP contribution in [-0.2, 0) is 0 Å². The zero-order valence-corrected chi connectivity index (χ0v) is 19.3. The van der Waals surface area contributed by atoms with E-state index in [4.69, 9.17) is 26.5 Å². The number of anilines is 1. The van der Waals surface area contributed by atoms with Crippen LogP contribution in [0.1, 0.15) is 24.4 Å². The fourth-order valence-electron chi connectivity index (χ4n) is 4.03. The number of thiocarbonyl (C=S) groups is 1. The molecule has 1 aromatic heterocycles. The molecule has 1 aliphatic rings. The molecule has 1 atom stereocenters. The maximum absolute atomic E-state index is 14.0. The van der Waals surface area contributed by atoms with Crippen LogP contribution in [0, 0.1) is 5.82 Å². The number of nitrogens with one attached hydrogen (secondary N) is 1. The average molecular weight is 473 g/mol. The first kappa shape index (κ1) is 21.8. The number of hydrogen-bond acceptors (Lipinski definition) is 5. The van der Waals surface area contributed by atoms with Gasteiger partial charge in [-0.3, -0.25) is 4.90 Å². The molecule has 5 rings (SSSR count). The van der Waals surface area contributed by atoms with Gasteiger partial charge in [-0.05, 0) is 67.2 Å². The van der Waals surface area contributed by atoms with Crippen LogP contribution in [0.15, 0.2) is 89.1 Å². The summed E-state index contributed by atoms with van der Waals surface area (Å²) in [6.07, 6.45) is 0. The molecule has 0 bridgehead atoms. The third-order valence-electron chi connectivity index (χ3n) is 5.69. The molecule has 6 nitrogen and oxygen atoms in total. The highest BCUT2D eigenvalue weighted by atomic mass is 32.1. The topological polar surface area (TPSA) is 63.4 Å². The Bertz CT molecular complexity index is 1370. The summed E-state index contributed by atoms with van der Waals surface area (Å²) >= 11 is 5.69. The second kappa shape index (κ2) is 9.07. The Hall–Kier alpha value is -4.04. The highest BCUT2D eigenvalue weighted by Gasteiger charge is 2.34. The highest BCUT2D eigenvalue weighted by molar-refractivity contribution is 7.80. The van der Waals surface area contributed by atoms with Gasteiger partial charge in [0, 0.05) is 11.3 Å². The van der Waals surface area contributed by atoms with Crippen LogP contribution in [0.4, 0.5) is 10.1 Å². The van der Waals surface area contributed by atoms with Gasteiger partial charge in [0.1, 0.15) is 11.6 Å². The van der Waals surface area contributed by atoms with Crippen LogP contribution in [0.2, 0.25) is 0 Å². The van der Waals surface area contributed by atoms with Crippen LogP contribution in [-0.4, -0.2) is 22.4 Å². The van der Waals surface area contributed by atoms with Gasteiger partial charge in [-0.1, -0.05) is 41.6 Å². The van der Waals surface area contributed by atoms with Crippen molar-refractivity contribution >= 4 is 28.6 Å². The smallest absolute Gasteiger partial charge is 0.258 e. The van der Waals surface area contributed by atoms with Crippen molar-refractivity contribution in [2.24, 2.45) is 0 Å². The van der Waals surface area contributed by atoms with Gasteiger partial charge in [0.05, 0.1) is 24.4 Å². The quantitative estimate of drug-likeness (QED) is 0.371. The van der Waals surface area contributed by atoms with Crippen LogP contribution in [0.5, 0.6) is 5.75 Å². The summed E-state index contributed by atoms with van der Waals surface area (Å²) in [5.41, 5.74) is 3.92. The third kappa shape index (κ3) is 4.04. The molecule has 0 aliphatic carbocycles. The predicted octanol–water partition coefficient (Wildman–Crippen LogP) is 5.75. The first-order valence-electron chi connectivity index (χ1n) is 10.7. The minimum absolute atomic E-state index is 0.317. The van der Waals surface area contributed by atoms with Crippen molar-refractivity contribution in [3.05, 3.63) is 102 Å². The number of benzene rings is 3. The van der Waals surface area contributed by atoms with Gasteiger partial charge in [0.25, 0.3) is 5.89 Å². The molecule has 0 spiro atoms. The highest BCUT2D eigenvalue weighted by Crippen LogP contribution is 2.39. The molecule has 0 radical (unpaired) electrons. The van der Waals surface area contributed by atoms with E-state index in [0.29, 0.717) is 22.5 Å². The number of ether oxygens (including phenoxy) is 1. The van der Waals surface area contributed by atoms with Gasteiger partial charge in [0.15, 0.2) is 5.11 Å². The normalized spacial score (nSPS) is 15.9. The van der Waals surface area contributed by atoms with E-state index in [1.807, 2.05) is 61.5 Å². The van der Waals surface area contributed by atoms with Crippen molar-refractivity contribution in [3.8, 4) is 17.1 Å². The molecule has 0 fully saturated rings. The molecule has 3 aromatic carbocycles. The van der Waals surface area contributed by atoms with E-state index < -0.39 is 0 Å². The minimum atomic E-state index is -0.348. The molecule has 0 amide bonds. The molecule has 8 heteroatoms. The first-order chi connectivity index (χ1) is 16.5. The van der Waals surface area contributed by atoms with E-state index in [2.05, 4.69) is 10.5 Å². The molecular weight excluding hydrogens is 451 g/mol. The second-order valence-corrected chi connectivity index (χ2v) is 8.15. The Morgan fingerprint density at radius 1 is 1.03 bits per heavy atom. The van der Waals surface area contributed by atoms with Crippen LogP contribution < -0.4 is 15.0 Å². The van der Waals surface area contributed by atoms with Crippen LogP contribution in [0.25, 0.3) is 17.0 Å². The maximum atomic E-state index is 14.0. The maximum Gasteiger partial charge on any atom is 0.258 e. The van der Waals surface area contributed by atoms with Crippen LogP contribution >= 0.6 is 12.2 Å². The number of nitrogens with zero attached hydrogens (tertiary/aromatic N) is 3. The number of allylic oxidation sites excluding steroid dienone is 1. The lowest BCUT2D eigenvalue weighted by molar-refractivity contribution is 0.404. The van der Waals surface area contributed by atoms with Gasteiger partial charge in [0.2, 0.25) is 5.82 Å². The average Bonchev–Trinajstić information content (AvgIpc) is 3.34. The fraction of sp³-hybridized carbons (Fsp3) is 0.115. The number of hydrogen-bond donors (Lipinski definition) is 1. The Morgan fingerprint density at radius 3 is 2.50 bits per heavy atom. The Balaban J connectivity index is 1.63. The summed E-state index contributed by atoms with van der Waals surface area (Å²) in [5.74, 6) is 1.20. The Morgan fingerprint density at radius 2 is 1.79 bits per heavy atom. The zero-order valence-electron chi connectivity index (χ0n) is 18.5. The molecular formula is C26H21FN4O2S. The van der Waals surface area contributed by atoms with E-state index in [9.17, 15) is 4.39 Å². The predicted molar refractivity (Wildman–Crippen MR) is 133 cm³/mol. The zero-order chi connectivity index (χ0) is 23.7. The monoisotopic (exact) mass is 472 g/mol. The molecule has 34 heavy (non-hydrogen) atoms. The van der Waals surface area contributed by atoms with Gasteiger partial charge < -0.3 is 14.6 Å². The van der Waals surface area contributed by atoms with E-state index in [0.717, 1.165) is 28.1 Å². The number of rotatable bonds is 5. The number of halogens is 1. The number of methoxy groups -OCH3 is 1. The molecule has 0 saturated carbocycles. The lowest BCUT2D eigenvalue weighted by Crippen LogP contribution is -2.46. The first-order valence-corrected chi connectivity index (χ1v) is 11.1. The van der Waals surface area contributed by atoms with Gasteiger partial charge in [-0.25, -0.2) is 4.39 Å². The van der Waals surface area contributed by atoms with Gasteiger partial charge >= 0.3 is 0 Å². The van der Waals surface area contributed by atoms with Crippen molar-refractivity contribution in [1.29, 1.82) is 0 Å². The van der Waals surface area contributed by atoms with Crippen molar-refractivity contribution in [2.75, 3.05) is 12.0 Å². The third-order valence-corrected chi connectivity index (χ3v) is 5.99. The van der Waals surface area contributed by atoms with Crippen molar-refractivity contribution < 1.29 is 13.7 Å². The summed E-state index contributed by atoms with van der Waals surface area (Å²) in [7, 11) is 1.62. The molecule has 4 aromatic rings.